The fourth-order valence-corrected chi connectivity index (χ4v) is 3.59. The Morgan fingerprint density at radius 3 is 2.39 bits per heavy atom. The van der Waals surface area contributed by atoms with Crippen molar-refractivity contribution in [3.05, 3.63) is 45.8 Å². The molecule has 3 rings (SSSR count). The summed E-state index contributed by atoms with van der Waals surface area (Å²) in [7, 11) is 0. The van der Waals surface area contributed by atoms with Crippen molar-refractivity contribution in [2.24, 2.45) is 0 Å². The number of rotatable bonds is 5. The molecule has 1 unspecified atom stereocenters. The summed E-state index contributed by atoms with van der Waals surface area (Å²) in [4.78, 5) is 29.1. The molecule has 1 aromatic carbocycles. The number of aryl methyl sites for hydroxylation is 2. The van der Waals surface area contributed by atoms with Gasteiger partial charge in [0.25, 0.3) is 0 Å². The van der Waals surface area contributed by atoms with Gasteiger partial charge in [0, 0.05) is 41.9 Å². The van der Waals surface area contributed by atoms with Gasteiger partial charge in [-0.3, -0.25) is 14.5 Å². The summed E-state index contributed by atoms with van der Waals surface area (Å²) in [6.45, 7) is 8.13. The second-order valence-corrected chi connectivity index (χ2v) is 7.98. The summed E-state index contributed by atoms with van der Waals surface area (Å²) < 4.78 is 6.11. The third kappa shape index (κ3) is 4.80. The molecule has 28 heavy (non-hydrogen) atoms. The maximum absolute atomic E-state index is 12.6. The molecule has 0 bridgehead atoms. The highest BCUT2D eigenvalue weighted by molar-refractivity contribution is 9.10. The molecule has 2 aromatic rings. The number of nitrogens with one attached hydrogen (secondary N) is 1. The van der Waals surface area contributed by atoms with E-state index in [1.165, 1.54) is 0 Å². The van der Waals surface area contributed by atoms with Crippen LogP contribution in [0.2, 0.25) is 0 Å². The summed E-state index contributed by atoms with van der Waals surface area (Å²) in [5.74, 6) is 0.724. The number of hydrogen-bond donors (Lipinski definition) is 1. The number of carbonyl (C=O) groups is 2. The molecule has 0 aliphatic carbocycles. The normalized spacial score (nSPS) is 16.1. The lowest BCUT2D eigenvalue weighted by Gasteiger charge is -2.37. The number of piperazine rings is 1. The van der Waals surface area contributed by atoms with Crippen molar-refractivity contribution in [2.75, 3.05) is 31.5 Å². The second-order valence-electron chi connectivity index (χ2n) is 7.07. The monoisotopic (exact) mass is 448 g/mol. The highest BCUT2D eigenvalue weighted by Crippen LogP contribution is 2.17. The number of hydrogen-bond acceptors (Lipinski definition) is 5. The molecule has 7 nitrogen and oxygen atoms in total. The van der Waals surface area contributed by atoms with Crippen LogP contribution in [0.5, 0.6) is 0 Å². The smallest absolute Gasteiger partial charge is 0.241 e. The molecule has 1 aliphatic rings. The van der Waals surface area contributed by atoms with Gasteiger partial charge in [0.1, 0.15) is 5.76 Å². The first-order valence-electron chi connectivity index (χ1n) is 9.35. The lowest BCUT2D eigenvalue weighted by atomic mass is 10.1. The van der Waals surface area contributed by atoms with Crippen LogP contribution in [0.3, 0.4) is 0 Å². The Morgan fingerprint density at radius 1 is 1.18 bits per heavy atom. The molecular formula is C20H25BrN4O3. The molecule has 1 aliphatic heterocycles. The summed E-state index contributed by atoms with van der Waals surface area (Å²) in [5, 5.41) is 6.85. The van der Waals surface area contributed by atoms with E-state index in [-0.39, 0.29) is 17.9 Å². The first-order chi connectivity index (χ1) is 13.3. The standard InChI is InChI=1S/C20H25BrN4O3/c1-13-18(15(3)28-23-13)12-19(26)25-10-8-24(9-11-25)14(2)20(27)22-17-6-4-16(21)5-7-17/h4-7,14H,8-12H2,1-3H3,(H,22,27). The summed E-state index contributed by atoms with van der Waals surface area (Å²) in [6.07, 6.45) is 0.306. The summed E-state index contributed by atoms with van der Waals surface area (Å²) in [6, 6.07) is 7.25. The number of halogens is 1. The largest absolute Gasteiger partial charge is 0.361 e. The van der Waals surface area contributed by atoms with Gasteiger partial charge >= 0.3 is 0 Å². The average molecular weight is 449 g/mol. The van der Waals surface area contributed by atoms with Gasteiger partial charge in [0.2, 0.25) is 11.8 Å². The zero-order valence-corrected chi connectivity index (χ0v) is 18.0. The summed E-state index contributed by atoms with van der Waals surface area (Å²) in [5.41, 5.74) is 2.41. The predicted molar refractivity (Wildman–Crippen MR) is 110 cm³/mol. The number of benzene rings is 1. The molecular weight excluding hydrogens is 424 g/mol. The SMILES string of the molecule is Cc1noc(C)c1CC(=O)N1CCN(C(C)C(=O)Nc2ccc(Br)cc2)CC1. The minimum atomic E-state index is -0.261. The highest BCUT2D eigenvalue weighted by Gasteiger charge is 2.28. The molecule has 1 N–H and O–H groups in total. The van der Waals surface area contributed by atoms with E-state index in [1.54, 1.807) is 0 Å². The quantitative estimate of drug-likeness (QED) is 0.760. The fraction of sp³-hybridized carbons (Fsp3) is 0.450. The highest BCUT2D eigenvalue weighted by atomic mass is 79.9. The minimum Gasteiger partial charge on any atom is -0.361 e. The molecule has 2 heterocycles. The predicted octanol–water partition coefficient (Wildman–Crippen LogP) is 2.77. The topological polar surface area (TPSA) is 78.7 Å². The molecule has 1 atom stereocenters. The molecule has 0 spiro atoms. The molecule has 1 saturated heterocycles. The first kappa shape index (κ1) is 20.5. The Bertz CT molecular complexity index is 822. The molecule has 0 saturated carbocycles. The van der Waals surface area contributed by atoms with Crippen LogP contribution < -0.4 is 5.32 Å². The number of amides is 2. The number of carbonyl (C=O) groups excluding carboxylic acids is 2. The van der Waals surface area contributed by atoms with Gasteiger partial charge in [-0.1, -0.05) is 21.1 Å². The van der Waals surface area contributed by atoms with Crippen molar-refractivity contribution in [3.63, 3.8) is 0 Å². The van der Waals surface area contributed by atoms with E-state index in [9.17, 15) is 9.59 Å². The lowest BCUT2D eigenvalue weighted by molar-refractivity contribution is -0.133. The molecule has 150 valence electrons. The molecule has 1 aromatic heterocycles. The zero-order chi connectivity index (χ0) is 20.3. The molecule has 8 heteroatoms. The van der Waals surface area contributed by atoms with Crippen LogP contribution in [0.15, 0.2) is 33.3 Å². The first-order valence-corrected chi connectivity index (χ1v) is 10.1. The second kappa shape index (κ2) is 8.87. The van der Waals surface area contributed by atoms with Crippen LogP contribution >= 0.6 is 15.9 Å². The fourth-order valence-electron chi connectivity index (χ4n) is 3.32. The van der Waals surface area contributed by atoms with Gasteiger partial charge < -0.3 is 14.7 Å². The van der Waals surface area contributed by atoms with Crippen LogP contribution in [-0.2, 0) is 16.0 Å². The molecule has 0 radical (unpaired) electrons. The van der Waals surface area contributed by atoms with Gasteiger partial charge in [-0.05, 0) is 45.0 Å². The van der Waals surface area contributed by atoms with E-state index in [4.69, 9.17) is 4.52 Å². The number of nitrogens with zero attached hydrogens (tertiary/aromatic N) is 3. The minimum absolute atomic E-state index is 0.0437. The van der Waals surface area contributed by atoms with Gasteiger partial charge in [-0.2, -0.15) is 0 Å². The van der Waals surface area contributed by atoms with Crippen molar-refractivity contribution in [1.29, 1.82) is 0 Å². The van der Waals surface area contributed by atoms with Crippen molar-refractivity contribution in [1.82, 2.24) is 15.0 Å². The third-order valence-corrected chi connectivity index (χ3v) is 5.74. The molecule has 2 amide bonds. The Kier molecular flexibility index (Phi) is 6.51. The van der Waals surface area contributed by atoms with Crippen LogP contribution in [-0.4, -0.2) is 59.0 Å². The van der Waals surface area contributed by atoms with Gasteiger partial charge in [0.05, 0.1) is 18.2 Å². The van der Waals surface area contributed by atoms with Gasteiger partial charge in [-0.25, -0.2) is 0 Å². The third-order valence-electron chi connectivity index (χ3n) is 5.22. The van der Waals surface area contributed by atoms with Crippen molar-refractivity contribution in [2.45, 2.75) is 33.2 Å². The Labute approximate surface area is 173 Å². The lowest BCUT2D eigenvalue weighted by Crippen LogP contribution is -2.54. The van der Waals surface area contributed by atoms with Crippen molar-refractivity contribution >= 4 is 33.4 Å². The number of aromatic nitrogens is 1. The van der Waals surface area contributed by atoms with Crippen LogP contribution in [0.1, 0.15) is 23.9 Å². The van der Waals surface area contributed by atoms with E-state index in [1.807, 2.05) is 49.9 Å². The maximum atomic E-state index is 12.6. The Hall–Kier alpha value is -2.19. The van der Waals surface area contributed by atoms with E-state index in [0.717, 1.165) is 21.4 Å². The summed E-state index contributed by atoms with van der Waals surface area (Å²) >= 11 is 3.38. The van der Waals surface area contributed by atoms with E-state index in [0.29, 0.717) is 38.4 Å². The van der Waals surface area contributed by atoms with Gasteiger partial charge in [-0.15, -0.1) is 0 Å². The van der Waals surface area contributed by atoms with Crippen molar-refractivity contribution in [3.8, 4) is 0 Å². The van der Waals surface area contributed by atoms with E-state index in [2.05, 4.69) is 31.3 Å². The maximum Gasteiger partial charge on any atom is 0.241 e. The van der Waals surface area contributed by atoms with Crippen LogP contribution in [0, 0.1) is 13.8 Å². The van der Waals surface area contributed by atoms with Crippen LogP contribution in [0.4, 0.5) is 5.69 Å². The van der Waals surface area contributed by atoms with E-state index >= 15 is 0 Å². The Balaban J connectivity index is 1.50. The van der Waals surface area contributed by atoms with Crippen LogP contribution in [0.25, 0.3) is 0 Å². The number of anilines is 1. The van der Waals surface area contributed by atoms with Gasteiger partial charge in [0.15, 0.2) is 0 Å². The van der Waals surface area contributed by atoms with Crippen molar-refractivity contribution < 1.29 is 14.1 Å². The molecule has 1 fully saturated rings. The Morgan fingerprint density at radius 2 is 1.82 bits per heavy atom. The zero-order valence-electron chi connectivity index (χ0n) is 16.4. The van der Waals surface area contributed by atoms with E-state index < -0.39 is 0 Å². The average Bonchev–Trinajstić information content (AvgIpc) is 3.01.